The van der Waals surface area contributed by atoms with Crippen LogP contribution in [0.4, 0.5) is 14.5 Å². The topological polar surface area (TPSA) is 180 Å². The van der Waals surface area contributed by atoms with Crippen molar-refractivity contribution in [2.24, 2.45) is 0 Å². The van der Waals surface area contributed by atoms with Crippen LogP contribution in [0.1, 0.15) is 62.0 Å². The molecule has 1 aliphatic rings. The van der Waals surface area contributed by atoms with Gasteiger partial charge in [0, 0.05) is 30.3 Å². The molecule has 1 atom stereocenters. The predicted molar refractivity (Wildman–Crippen MR) is 153 cm³/mol. The third kappa shape index (κ3) is 7.72. The van der Waals surface area contributed by atoms with Gasteiger partial charge in [0.25, 0.3) is 5.91 Å². The van der Waals surface area contributed by atoms with Crippen LogP contribution in [0.25, 0.3) is 22.0 Å². The molecule has 0 aromatic carbocycles. The maximum absolute atomic E-state index is 14.7. The van der Waals surface area contributed by atoms with E-state index in [1.165, 1.54) is 22.5 Å². The van der Waals surface area contributed by atoms with Crippen LogP contribution in [0.3, 0.4) is 0 Å². The van der Waals surface area contributed by atoms with E-state index >= 15 is 0 Å². The van der Waals surface area contributed by atoms with Crippen molar-refractivity contribution in [3.63, 3.8) is 0 Å². The van der Waals surface area contributed by atoms with Gasteiger partial charge in [-0.1, -0.05) is 19.3 Å². The number of nitrogens with zero attached hydrogens (tertiary/aromatic N) is 6. The SMILES string of the molecule is CC(=O)OC(CC(=O)O)C(=O)OCn1cc(-c2nc(C(=O)Nc3cn(C4CCCCC4)nc3-c3nc(F)ccc3F)cs2)cn1. The Balaban J connectivity index is 1.29. The van der Waals surface area contributed by atoms with Gasteiger partial charge in [-0.15, -0.1) is 11.3 Å². The lowest BCUT2D eigenvalue weighted by Crippen LogP contribution is -2.31. The molecule has 17 heteroatoms. The molecule has 1 fully saturated rings. The molecule has 1 aliphatic carbocycles. The first-order valence-electron chi connectivity index (χ1n) is 13.8. The highest BCUT2D eigenvalue weighted by molar-refractivity contribution is 7.13. The molecule has 45 heavy (non-hydrogen) atoms. The number of thiazole rings is 1. The highest BCUT2D eigenvalue weighted by atomic mass is 32.1. The number of esters is 2. The van der Waals surface area contributed by atoms with Crippen molar-refractivity contribution < 1.29 is 42.5 Å². The average molecular weight is 644 g/mol. The maximum atomic E-state index is 14.7. The highest BCUT2D eigenvalue weighted by Crippen LogP contribution is 2.34. The number of pyridine rings is 1. The molecule has 4 heterocycles. The zero-order chi connectivity index (χ0) is 32.1. The number of hydrogen-bond acceptors (Lipinski definition) is 11. The third-order valence-electron chi connectivity index (χ3n) is 6.85. The summed E-state index contributed by atoms with van der Waals surface area (Å²) < 4.78 is 41.3. The lowest BCUT2D eigenvalue weighted by molar-refractivity contribution is -0.172. The number of halogens is 2. The fraction of sp³-hybridized carbons (Fsp3) is 0.357. The van der Waals surface area contributed by atoms with Crippen molar-refractivity contribution in [2.75, 3.05) is 5.32 Å². The van der Waals surface area contributed by atoms with Crippen LogP contribution in [0.5, 0.6) is 0 Å². The zero-order valence-corrected chi connectivity index (χ0v) is 24.6. The van der Waals surface area contributed by atoms with Gasteiger partial charge in [0.05, 0.1) is 24.3 Å². The molecule has 0 bridgehead atoms. The number of rotatable bonds is 11. The quantitative estimate of drug-likeness (QED) is 0.177. The first kappa shape index (κ1) is 31.4. The molecule has 236 valence electrons. The van der Waals surface area contributed by atoms with Gasteiger partial charge in [-0.2, -0.15) is 14.6 Å². The van der Waals surface area contributed by atoms with Gasteiger partial charge >= 0.3 is 17.9 Å². The van der Waals surface area contributed by atoms with Crippen molar-refractivity contribution in [1.29, 1.82) is 0 Å². The molecule has 0 aliphatic heterocycles. The second-order valence-corrected chi connectivity index (χ2v) is 11.0. The largest absolute Gasteiger partial charge is 0.481 e. The lowest BCUT2D eigenvalue weighted by Gasteiger charge is -2.21. The second-order valence-electron chi connectivity index (χ2n) is 10.2. The fourth-order valence-corrected chi connectivity index (χ4v) is 5.55. The van der Waals surface area contributed by atoms with Gasteiger partial charge in [-0.05, 0) is 25.0 Å². The van der Waals surface area contributed by atoms with Crippen molar-refractivity contribution >= 4 is 40.8 Å². The van der Waals surface area contributed by atoms with Crippen LogP contribution >= 0.6 is 11.3 Å². The molecule has 0 spiro atoms. The van der Waals surface area contributed by atoms with Gasteiger partial charge in [-0.25, -0.2) is 23.8 Å². The van der Waals surface area contributed by atoms with Crippen molar-refractivity contribution in [2.45, 2.75) is 64.3 Å². The van der Waals surface area contributed by atoms with E-state index in [4.69, 9.17) is 14.6 Å². The Hall–Kier alpha value is -5.06. The summed E-state index contributed by atoms with van der Waals surface area (Å²) in [5.41, 5.74) is 0.345. The van der Waals surface area contributed by atoms with Crippen molar-refractivity contribution in [3.05, 3.63) is 53.6 Å². The Bertz CT molecular complexity index is 1720. The number of nitrogens with one attached hydrogen (secondary N) is 1. The van der Waals surface area contributed by atoms with E-state index in [1.807, 2.05) is 0 Å². The smallest absolute Gasteiger partial charge is 0.349 e. The lowest BCUT2D eigenvalue weighted by atomic mass is 9.96. The monoisotopic (exact) mass is 643 g/mol. The molecule has 1 unspecified atom stereocenters. The number of aliphatic carboxylic acids is 1. The van der Waals surface area contributed by atoms with E-state index < -0.39 is 54.8 Å². The van der Waals surface area contributed by atoms with Crippen LogP contribution in [0.2, 0.25) is 0 Å². The average Bonchev–Trinajstić information content (AvgIpc) is 3.77. The summed E-state index contributed by atoms with van der Waals surface area (Å²) in [6.07, 6.45) is 6.97. The number of hydrogen-bond donors (Lipinski definition) is 2. The standard InChI is InChI=1S/C28H27F2N7O7S/c1-15(38)44-21(9-23(39)40)28(42)43-14-36-11-16(10-31-36)27-33-20(13-45-27)26(41)32-19-12-37(17-5-3-2-4-6-17)35-25(19)24-18(29)7-8-22(30)34-24/h7-8,10-13,17,21H,2-6,9,14H2,1H3,(H,32,41)(H,39,40). The molecular formula is C28H27F2N7O7S. The Morgan fingerprint density at radius 3 is 2.62 bits per heavy atom. The minimum absolute atomic E-state index is 0.00324. The molecule has 1 amide bonds. The van der Waals surface area contributed by atoms with Crippen LogP contribution in [-0.4, -0.2) is 64.6 Å². The zero-order valence-electron chi connectivity index (χ0n) is 23.8. The first-order chi connectivity index (χ1) is 21.6. The minimum Gasteiger partial charge on any atom is -0.481 e. The van der Waals surface area contributed by atoms with Crippen LogP contribution in [0, 0.1) is 11.8 Å². The summed E-state index contributed by atoms with van der Waals surface area (Å²) in [7, 11) is 0. The van der Waals surface area contributed by atoms with E-state index in [1.54, 1.807) is 10.9 Å². The minimum atomic E-state index is -1.61. The highest BCUT2D eigenvalue weighted by Gasteiger charge is 2.27. The molecule has 0 radical (unpaired) electrons. The number of amides is 1. The summed E-state index contributed by atoms with van der Waals surface area (Å²) in [6, 6.07) is 1.90. The summed E-state index contributed by atoms with van der Waals surface area (Å²) >= 11 is 1.13. The van der Waals surface area contributed by atoms with E-state index in [-0.39, 0.29) is 28.8 Å². The molecule has 2 N–H and O–H groups in total. The van der Waals surface area contributed by atoms with Crippen LogP contribution < -0.4 is 5.32 Å². The van der Waals surface area contributed by atoms with E-state index in [9.17, 15) is 28.0 Å². The molecule has 4 aromatic rings. The van der Waals surface area contributed by atoms with Crippen LogP contribution in [-0.2, 0) is 30.6 Å². The maximum Gasteiger partial charge on any atom is 0.349 e. The van der Waals surface area contributed by atoms with Crippen LogP contribution in [0.15, 0.2) is 36.1 Å². The molecule has 0 saturated heterocycles. The Morgan fingerprint density at radius 1 is 1.11 bits per heavy atom. The third-order valence-corrected chi connectivity index (χ3v) is 7.74. The summed E-state index contributed by atoms with van der Waals surface area (Å²) in [5, 5.41) is 22.1. The molecule has 5 rings (SSSR count). The summed E-state index contributed by atoms with van der Waals surface area (Å²) in [5.74, 6) is -5.54. The summed E-state index contributed by atoms with van der Waals surface area (Å²) in [4.78, 5) is 55.7. The van der Waals surface area contributed by atoms with E-state index in [0.29, 0.717) is 10.6 Å². The normalized spacial score (nSPS) is 14.1. The number of carboxylic acid groups (broad SMARTS) is 1. The van der Waals surface area contributed by atoms with Gasteiger partial charge < -0.3 is 19.9 Å². The Morgan fingerprint density at radius 2 is 1.89 bits per heavy atom. The summed E-state index contributed by atoms with van der Waals surface area (Å²) in [6.45, 7) is 0.628. The van der Waals surface area contributed by atoms with Crippen molar-refractivity contribution in [1.82, 2.24) is 29.5 Å². The molecule has 4 aromatic heterocycles. The van der Waals surface area contributed by atoms with Crippen molar-refractivity contribution in [3.8, 4) is 22.0 Å². The Labute approximate surface area is 258 Å². The van der Waals surface area contributed by atoms with E-state index in [0.717, 1.165) is 62.5 Å². The van der Waals surface area contributed by atoms with Gasteiger partial charge in [0.2, 0.25) is 12.1 Å². The molecular weight excluding hydrogens is 616 g/mol. The van der Waals surface area contributed by atoms with Gasteiger partial charge in [-0.3, -0.25) is 19.1 Å². The number of ether oxygens (including phenoxy) is 2. The predicted octanol–water partition coefficient (Wildman–Crippen LogP) is 4.21. The first-order valence-corrected chi connectivity index (χ1v) is 14.7. The molecule has 14 nitrogen and oxygen atoms in total. The van der Waals surface area contributed by atoms with Gasteiger partial charge in [0.1, 0.15) is 22.1 Å². The van der Waals surface area contributed by atoms with E-state index in [2.05, 4.69) is 25.5 Å². The Kier molecular flexibility index (Phi) is 9.56. The fourth-order valence-electron chi connectivity index (χ4n) is 4.77. The number of aromatic nitrogens is 6. The number of carbonyl (C=O) groups excluding carboxylic acids is 3. The number of anilines is 1. The second kappa shape index (κ2) is 13.7. The van der Waals surface area contributed by atoms with Gasteiger partial charge in [0.15, 0.2) is 12.5 Å². The number of carboxylic acids is 1. The number of carbonyl (C=O) groups is 4. The molecule has 1 saturated carbocycles.